The Bertz CT molecular complexity index is 708. The molecule has 2 aromatic rings. The molecule has 4 heteroatoms. The van der Waals surface area contributed by atoms with Gasteiger partial charge in [-0.1, -0.05) is 23.7 Å². The maximum atomic E-state index is 11.9. The second-order valence-electron chi connectivity index (χ2n) is 4.90. The van der Waals surface area contributed by atoms with Gasteiger partial charge in [0.2, 0.25) is 5.91 Å². The van der Waals surface area contributed by atoms with Gasteiger partial charge in [-0.3, -0.25) is 4.79 Å². The van der Waals surface area contributed by atoms with Crippen molar-refractivity contribution in [2.45, 2.75) is 13.8 Å². The molecule has 2 rings (SSSR count). The van der Waals surface area contributed by atoms with E-state index >= 15 is 0 Å². The number of nitrogens with one attached hydrogen (secondary N) is 1. The molecule has 0 aliphatic rings. The lowest BCUT2D eigenvalue weighted by molar-refractivity contribution is -0.111. The summed E-state index contributed by atoms with van der Waals surface area (Å²) in [6, 6.07) is 11.0. The van der Waals surface area contributed by atoms with Crippen LogP contribution < -0.4 is 11.1 Å². The molecule has 0 spiro atoms. The number of carbonyl (C=O) groups excluding carboxylic acids is 1. The molecule has 0 fully saturated rings. The van der Waals surface area contributed by atoms with Gasteiger partial charge in [0.25, 0.3) is 0 Å². The lowest BCUT2D eigenvalue weighted by Crippen LogP contribution is -2.07. The van der Waals surface area contributed by atoms with Crippen LogP contribution in [-0.2, 0) is 4.79 Å². The molecule has 21 heavy (non-hydrogen) atoms. The molecule has 3 N–H and O–H groups in total. The summed E-state index contributed by atoms with van der Waals surface area (Å²) >= 11 is 5.85. The predicted molar refractivity (Wildman–Crippen MR) is 89.4 cm³/mol. The van der Waals surface area contributed by atoms with E-state index in [-0.39, 0.29) is 5.91 Å². The second-order valence-corrected chi connectivity index (χ2v) is 5.31. The third-order valence-corrected chi connectivity index (χ3v) is 3.57. The normalized spacial score (nSPS) is 10.8. The van der Waals surface area contributed by atoms with Crippen molar-refractivity contribution in [1.82, 2.24) is 0 Å². The third kappa shape index (κ3) is 4.10. The largest absolute Gasteiger partial charge is 0.398 e. The van der Waals surface area contributed by atoms with Crippen molar-refractivity contribution < 1.29 is 4.79 Å². The molecule has 2 aromatic carbocycles. The minimum Gasteiger partial charge on any atom is -0.398 e. The van der Waals surface area contributed by atoms with Crippen LogP contribution in [0.2, 0.25) is 5.02 Å². The van der Waals surface area contributed by atoms with Crippen LogP contribution in [0.25, 0.3) is 6.08 Å². The minimum atomic E-state index is -0.188. The van der Waals surface area contributed by atoms with Crippen LogP contribution in [0.3, 0.4) is 0 Å². The summed E-state index contributed by atoms with van der Waals surface area (Å²) in [7, 11) is 0. The van der Waals surface area contributed by atoms with Gasteiger partial charge in [0.05, 0.1) is 10.7 Å². The first kappa shape index (κ1) is 15.1. The first-order valence-corrected chi connectivity index (χ1v) is 6.95. The summed E-state index contributed by atoms with van der Waals surface area (Å²) in [5.41, 5.74) is 10.2. The maximum Gasteiger partial charge on any atom is 0.248 e. The quantitative estimate of drug-likeness (QED) is 0.659. The molecule has 1 amide bonds. The second kappa shape index (κ2) is 6.46. The van der Waals surface area contributed by atoms with Gasteiger partial charge in [-0.05, 0) is 60.9 Å². The fraction of sp³-hybridized carbons (Fsp3) is 0.118. The van der Waals surface area contributed by atoms with Crippen molar-refractivity contribution in [3.63, 3.8) is 0 Å². The molecular formula is C17H17ClN2O. The lowest BCUT2D eigenvalue weighted by atomic mass is 10.1. The van der Waals surface area contributed by atoms with E-state index in [9.17, 15) is 4.79 Å². The molecule has 0 bridgehead atoms. The number of amides is 1. The van der Waals surface area contributed by atoms with Gasteiger partial charge in [0.15, 0.2) is 0 Å². The number of benzene rings is 2. The summed E-state index contributed by atoms with van der Waals surface area (Å²) in [5, 5.41) is 3.33. The molecule has 0 heterocycles. The number of halogens is 1. The molecule has 0 saturated heterocycles. The summed E-state index contributed by atoms with van der Waals surface area (Å²) in [6.45, 7) is 4.04. The Labute approximate surface area is 129 Å². The molecule has 108 valence electrons. The fourth-order valence-electron chi connectivity index (χ4n) is 1.84. The lowest BCUT2D eigenvalue weighted by Gasteiger charge is -2.05. The zero-order valence-corrected chi connectivity index (χ0v) is 12.7. The zero-order valence-electron chi connectivity index (χ0n) is 12.0. The van der Waals surface area contributed by atoms with Gasteiger partial charge in [-0.2, -0.15) is 0 Å². The van der Waals surface area contributed by atoms with Gasteiger partial charge in [-0.15, -0.1) is 0 Å². The van der Waals surface area contributed by atoms with Gasteiger partial charge in [0, 0.05) is 11.8 Å². The van der Waals surface area contributed by atoms with Crippen molar-refractivity contribution in [3.05, 3.63) is 64.2 Å². The summed E-state index contributed by atoms with van der Waals surface area (Å²) in [4.78, 5) is 11.9. The van der Waals surface area contributed by atoms with E-state index in [4.69, 9.17) is 17.3 Å². The Morgan fingerprint density at radius 3 is 2.57 bits per heavy atom. The Kier molecular flexibility index (Phi) is 4.66. The predicted octanol–water partition coefficient (Wildman–Crippen LogP) is 4.19. The average Bonchev–Trinajstić information content (AvgIpc) is 2.44. The first-order valence-electron chi connectivity index (χ1n) is 6.57. The van der Waals surface area contributed by atoms with Gasteiger partial charge < -0.3 is 11.1 Å². The Balaban J connectivity index is 2.05. The van der Waals surface area contributed by atoms with E-state index in [0.29, 0.717) is 10.7 Å². The van der Waals surface area contributed by atoms with Crippen LogP contribution >= 0.6 is 11.6 Å². The topological polar surface area (TPSA) is 55.1 Å². The number of aryl methyl sites for hydroxylation is 2. The van der Waals surface area contributed by atoms with Crippen LogP contribution in [-0.4, -0.2) is 5.91 Å². The number of hydrogen-bond acceptors (Lipinski definition) is 2. The van der Waals surface area contributed by atoms with Crippen molar-refractivity contribution in [1.29, 1.82) is 0 Å². The molecule has 0 aliphatic heterocycles. The van der Waals surface area contributed by atoms with E-state index in [1.165, 1.54) is 11.6 Å². The van der Waals surface area contributed by atoms with E-state index in [1.807, 2.05) is 32.0 Å². The van der Waals surface area contributed by atoms with Crippen LogP contribution in [0.5, 0.6) is 0 Å². The molecule has 0 radical (unpaired) electrons. The number of hydrogen-bond donors (Lipinski definition) is 2. The van der Waals surface area contributed by atoms with Crippen molar-refractivity contribution in [3.8, 4) is 0 Å². The first-order chi connectivity index (χ1) is 9.95. The Morgan fingerprint density at radius 1 is 1.14 bits per heavy atom. The summed E-state index contributed by atoms with van der Waals surface area (Å²) in [6.07, 6.45) is 3.17. The Hall–Kier alpha value is -2.26. The van der Waals surface area contributed by atoms with Crippen LogP contribution in [0, 0.1) is 13.8 Å². The zero-order chi connectivity index (χ0) is 15.4. The maximum absolute atomic E-state index is 11.9. The van der Waals surface area contributed by atoms with E-state index in [2.05, 4.69) is 5.32 Å². The van der Waals surface area contributed by atoms with Crippen LogP contribution in [0.4, 0.5) is 11.4 Å². The average molecular weight is 301 g/mol. The molecule has 0 aliphatic carbocycles. The number of rotatable bonds is 3. The van der Waals surface area contributed by atoms with Gasteiger partial charge in [-0.25, -0.2) is 0 Å². The van der Waals surface area contributed by atoms with Crippen molar-refractivity contribution in [2.75, 3.05) is 11.1 Å². The SMILES string of the molecule is Cc1ccc(NC(=O)/C=C/c2ccc(Cl)c(N)c2)cc1C. The fourth-order valence-corrected chi connectivity index (χ4v) is 1.96. The van der Waals surface area contributed by atoms with Gasteiger partial charge >= 0.3 is 0 Å². The summed E-state index contributed by atoms with van der Waals surface area (Å²) < 4.78 is 0. The van der Waals surface area contributed by atoms with Crippen LogP contribution in [0.15, 0.2) is 42.5 Å². The number of anilines is 2. The Morgan fingerprint density at radius 2 is 1.90 bits per heavy atom. The number of nitrogens with two attached hydrogens (primary N) is 1. The van der Waals surface area contributed by atoms with Crippen LogP contribution in [0.1, 0.15) is 16.7 Å². The minimum absolute atomic E-state index is 0.188. The number of carbonyl (C=O) groups is 1. The van der Waals surface area contributed by atoms with Crippen molar-refractivity contribution in [2.24, 2.45) is 0 Å². The molecular weight excluding hydrogens is 284 g/mol. The molecule has 0 atom stereocenters. The van der Waals surface area contributed by atoms with E-state index in [1.54, 1.807) is 24.3 Å². The third-order valence-electron chi connectivity index (χ3n) is 3.22. The monoisotopic (exact) mass is 300 g/mol. The summed E-state index contributed by atoms with van der Waals surface area (Å²) in [5.74, 6) is -0.188. The number of nitrogen functional groups attached to an aromatic ring is 1. The smallest absolute Gasteiger partial charge is 0.248 e. The standard InChI is InChI=1S/C17H17ClN2O/c1-11-3-6-14(9-12(11)2)20-17(21)8-5-13-4-7-15(18)16(19)10-13/h3-10H,19H2,1-2H3,(H,20,21)/b8-5+. The molecule has 0 saturated carbocycles. The highest BCUT2D eigenvalue weighted by molar-refractivity contribution is 6.33. The van der Waals surface area contributed by atoms with Gasteiger partial charge in [0.1, 0.15) is 0 Å². The highest BCUT2D eigenvalue weighted by Gasteiger charge is 2.00. The highest BCUT2D eigenvalue weighted by Crippen LogP contribution is 2.20. The molecule has 0 unspecified atom stereocenters. The van der Waals surface area contributed by atoms with Crippen molar-refractivity contribution >= 4 is 35.0 Å². The molecule has 0 aromatic heterocycles. The molecule has 3 nitrogen and oxygen atoms in total. The highest BCUT2D eigenvalue weighted by atomic mass is 35.5. The van der Waals surface area contributed by atoms with E-state index in [0.717, 1.165) is 16.8 Å². The van der Waals surface area contributed by atoms with E-state index < -0.39 is 0 Å².